The molecule has 1 aromatic rings. The Bertz CT molecular complexity index is 330. The van der Waals surface area contributed by atoms with E-state index in [1.165, 1.54) is 0 Å². The highest BCUT2D eigenvalue weighted by Gasteiger charge is 2.13. The molecule has 4 heteroatoms. The van der Waals surface area contributed by atoms with E-state index in [2.05, 4.69) is 5.32 Å². The first-order chi connectivity index (χ1) is 7.58. The molecule has 90 valence electrons. The Kier molecular flexibility index (Phi) is 4.52. The second kappa shape index (κ2) is 5.68. The van der Waals surface area contributed by atoms with Gasteiger partial charge in [-0.2, -0.15) is 0 Å². The Labute approximate surface area is 94.8 Å². The lowest BCUT2D eigenvalue weighted by molar-refractivity contribution is 0.567. The van der Waals surface area contributed by atoms with Gasteiger partial charge < -0.3 is 11.1 Å². The molecule has 1 aromatic carbocycles. The Balaban J connectivity index is 2.87. The monoisotopic (exact) mass is 228 g/mol. The molecule has 16 heavy (non-hydrogen) atoms. The molecule has 1 rings (SSSR count). The quantitative estimate of drug-likeness (QED) is 0.756. The van der Waals surface area contributed by atoms with Gasteiger partial charge in [0.25, 0.3) is 0 Å². The van der Waals surface area contributed by atoms with E-state index in [0.717, 1.165) is 31.4 Å². The Morgan fingerprint density at radius 2 is 1.81 bits per heavy atom. The molecule has 0 saturated carbocycles. The molecule has 2 nitrogen and oxygen atoms in total. The second-order valence-electron chi connectivity index (χ2n) is 3.90. The number of nitrogens with one attached hydrogen (secondary N) is 1. The minimum atomic E-state index is -0.632. The molecule has 3 N–H and O–H groups in total. The summed E-state index contributed by atoms with van der Waals surface area (Å²) in [6.45, 7) is 4.03. The lowest BCUT2D eigenvalue weighted by atomic mass is 10.1. The first-order valence-electron chi connectivity index (χ1n) is 5.59. The standard InChI is InChI=1S/C12H18F2N2/c1-3-5-9(4-2)16-12-10(13)6-8(15)7-11(12)14/h6-7,9,16H,3-5,15H2,1-2H3. The fraction of sp³-hybridized carbons (Fsp3) is 0.500. The van der Waals surface area contributed by atoms with Crippen LogP contribution in [0.15, 0.2) is 12.1 Å². The van der Waals surface area contributed by atoms with E-state index in [1.807, 2.05) is 13.8 Å². The highest BCUT2D eigenvalue weighted by Crippen LogP contribution is 2.23. The number of nitrogen functional groups attached to an aromatic ring is 1. The molecule has 0 fully saturated rings. The normalized spacial score (nSPS) is 12.5. The van der Waals surface area contributed by atoms with Crippen LogP contribution in [-0.2, 0) is 0 Å². The van der Waals surface area contributed by atoms with Crippen LogP contribution >= 0.6 is 0 Å². The Morgan fingerprint density at radius 3 is 2.25 bits per heavy atom. The first kappa shape index (κ1) is 12.7. The molecule has 0 heterocycles. The van der Waals surface area contributed by atoms with Crippen LogP contribution in [0.5, 0.6) is 0 Å². The molecule has 0 saturated heterocycles. The number of anilines is 2. The van der Waals surface area contributed by atoms with E-state index in [9.17, 15) is 8.78 Å². The minimum absolute atomic E-state index is 0.0745. The van der Waals surface area contributed by atoms with Crippen molar-refractivity contribution in [1.82, 2.24) is 0 Å². The lowest BCUT2D eigenvalue weighted by Crippen LogP contribution is -2.19. The van der Waals surface area contributed by atoms with Gasteiger partial charge in [-0.15, -0.1) is 0 Å². The molecule has 0 amide bonds. The van der Waals surface area contributed by atoms with Gasteiger partial charge in [0.2, 0.25) is 0 Å². The van der Waals surface area contributed by atoms with E-state index >= 15 is 0 Å². The van der Waals surface area contributed by atoms with Crippen molar-refractivity contribution in [2.24, 2.45) is 0 Å². The van der Waals surface area contributed by atoms with Crippen LogP contribution in [0, 0.1) is 11.6 Å². The van der Waals surface area contributed by atoms with Gasteiger partial charge in [-0.25, -0.2) is 8.78 Å². The zero-order valence-electron chi connectivity index (χ0n) is 9.69. The van der Waals surface area contributed by atoms with Gasteiger partial charge in [0.05, 0.1) is 0 Å². The number of rotatable bonds is 5. The molecule has 1 unspecified atom stereocenters. The third kappa shape index (κ3) is 3.08. The maximum Gasteiger partial charge on any atom is 0.151 e. The molecular formula is C12H18F2N2. The van der Waals surface area contributed by atoms with Crippen molar-refractivity contribution in [1.29, 1.82) is 0 Å². The predicted molar refractivity (Wildman–Crippen MR) is 63.4 cm³/mol. The summed E-state index contributed by atoms with van der Waals surface area (Å²) in [5.41, 5.74) is 5.37. The summed E-state index contributed by atoms with van der Waals surface area (Å²) < 4.78 is 26.9. The average molecular weight is 228 g/mol. The molecule has 0 aliphatic rings. The second-order valence-corrected chi connectivity index (χ2v) is 3.90. The van der Waals surface area contributed by atoms with E-state index < -0.39 is 11.6 Å². The smallest absolute Gasteiger partial charge is 0.151 e. The summed E-state index contributed by atoms with van der Waals surface area (Å²) in [6, 6.07) is 2.35. The molecule has 0 aliphatic carbocycles. The molecule has 1 atom stereocenters. The van der Waals surface area contributed by atoms with Crippen molar-refractivity contribution < 1.29 is 8.78 Å². The van der Waals surface area contributed by atoms with Crippen LogP contribution in [0.4, 0.5) is 20.2 Å². The number of halogens is 2. The van der Waals surface area contributed by atoms with Gasteiger partial charge in [0, 0.05) is 11.7 Å². The lowest BCUT2D eigenvalue weighted by Gasteiger charge is -2.18. The molecule has 0 aliphatic heterocycles. The first-order valence-corrected chi connectivity index (χ1v) is 5.59. The Morgan fingerprint density at radius 1 is 1.25 bits per heavy atom. The summed E-state index contributed by atoms with van der Waals surface area (Å²) in [5.74, 6) is -1.26. The molecular weight excluding hydrogens is 210 g/mol. The van der Waals surface area contributed by atoms with Gasteiger partial charge in [-0.3, -0.25) is 0 Å². The predicted octanol–water partition coefficient (Wildman–Crippen LogP) is 3.54. The summed E-state index contributed by atoms with van der Waals surface area (Å²) in [7, 11) is 0. The van der Waals surface area contributed by atoms with Crippen LogP contribution < -0.4 is 11.1 Å². The highest BCUT2D eigenvalue weighted by molar-refractivity contribution is 5.54. The van der Waals surface area contributed by atoms with Crippen LogP contribution in [0.2, 0.25) is 0 Å². The molecule has 0 spiro atoms. The van der Waals surface area contributed by atoms with Crippen molar-refractivity contribution in [3.63, 3.8) is 0 Å². The third-order valence-corrected chi connectivity index (χ3v) is 2.54. The Hall–Kier alpha value is -1.32. The average Bonchev–Trinajstić information content (AvgIpc) is 2.21. The maximum atomic E-state index is 13.5. The zero-order chi connectivity index (χ0) is 12.1. The van der Waals surface area contributed by atoms with Crippen LogP contribution in [-0.4, -0.2) is 6.04 Å². The van der Waals surface area contributed by atoms with Gasteiger partial charge in [0.1, 0.15) is 5.69 Å². The van der Waals surface area contributed by atoms with Gasteiger partial charge >= 0.3 is 0 Å². The van der Waals surface area contributed by atoms with Crippen LogP contribution in [0.3, 0.4) is 0 Å². The highest BCUT2D eigenvalue weighted by atomic mass is 19.1. The van der Waals surface area contributed by atoms with Crippen molar-refractivity contribution in [2.45, 2.75) is 39.2 Å². The number of hydrogen-bond donors (Lipinski definition) is 2. The largest absolute Gasteiger partial charge is 0.399 e. The summed E-state index contributed by atoms with van der Waals surface area (Å²) in [6.07, 6.45) is 2.70. The molecule has 0 radical (unpaired) electrons. The summed E-state index contributed by atoms with van der Waals surface area (Å²) >= 11 is 0. The SMILES string of the molecule is CCCC(CC)Nc1c(F)cc(N)cc1F. The fourth-order valence-electron chi connectivity index (χ4n) is 1.66. The van der Waals surface area contributed by atoms with E-state index in [4.69, 9.17) is 5.73 Å². The molecule has 0 aromatic heterocycles. The maximum absolute atomic E-state index is 13.5. The van der Waals surface area contributed by atoms with E-state index in [0.29, 0.717) is 0 Å². The topological polar surface area (TPSA) is 38.0 Å². The van der Waals surface area contributed by atoms with Crippen LogP contribution in [0.1, 0.15) is 33.1 Å². The number of nitrogens with two attached hydrogens (primary N) is 1. The van der Waals surface area contributed by atoms with E-state index in [1.54, 1.807) is 0 Å². The van der Waals surface area contributed by atoms with Gasteiger partial charge in [-0.1, -0.05) is 20.3 Å². The van der Waals surface area contributed by atoms with Crippen molar-refractivity contribution in [3.8, 4) is 0 Å². The number of benzene rings is 1. The van der Waals surface area contributed by atoms with Crippen molar-refractivity contribution >= 4 is 11.4 Å². The molecule has 0 bridgehead atoms. The number of hydrogen-bond acceptors (Lipinski definition) is 2. The van der Waals surface area contributed by atoms with Gasteiger partial charge in [-0.05, 0) is 25.0 Å². The zero-order valence-corrected chi connectivity index (χ0v) is 9.69. The van der Waals surface area contributed by atoms with E-state index in [-0.39, 0.29) is 17.4 Å². The summed E-state index contributed by atoms with van der Waals surface area (Å²) in [4.78, 5) is 0. The van der Waals surface area contributed by atoms with Gasteiger partial charge in [0.15, 0.2) is 11.6 Å². The summed E-state index contributed by atoms with van der Waals surface area (Å²) in [5, 5.41) is 2.89. The third-order valence-electron chi connectivity index (χ3n) is 2.54. The van der Waals surface area contributed by atoms with Crippen molar-refractivity contribution in [2.75, 3.05) is 11.1 Å². The fourth-order valence-corrected chi connectivity index (χ4v) is 1.66. The van der Waals surface area contributed by atoms with Crippen molar-refractivity contribution in [3.05, 3.63) is 23.8 Å². The van der Waals surface area contributed by atoms with Crippen LogP contribution in [0.25, 0.3) is 0 Å². The minimum Gasteiger partial charge on any atom is -0.399 e.